The summed E-state index contributed by atoms with van der Waals surface area (Å²) in [6.07, 6.45) is 13.6. The Morgan fingerprint density at radius 3 is 2.62 bits per heavy atom. The maximum absolute atomic E-state index is 2.43. The minimum absolute atomic E-state index is 1.32. The van der Waals surface area contributed by atoms with Gasteiger partial charge in [0.2, 0.25) is 0 Å². The zero-order valence-corrected chi connectivity index (χ0v) is 9.67. The highest BCUT2D eigenvalue weighted by molar-refractivity contribution is 8.03. The second kappa shape index (κ2) is 7.49. The summed E-state index contributed by atoms with van der Waals surface area (Å²) in [6.45, 7) is 2.28. The molecule has 1 aliphatic heterocycles. The van der Waals surface area contributed by atoms with E-state index in [1.807, 2.05) is 0 Å². The first-order valence-electron chi connectivity index (χ1n) is 5.75. The molecule has 0 saturated carbocycles. The van der Waals surface area contributed by atoms with Crippen molar-refractivity contribution in [2.75, 3.05) is 5.75 Å². The molecule has 0 aromatic carbocycles. The van der Waals surface area contributed by atoms with Crippen molar-refractivity contribution in [3.05, 3.63) is 11.0 Å². The molecule has 0 aromatic rings. The number of hydrogen-bond donors (Lipinski definition) is 0. The standard InChI is InChI=1S/C12H22S/c1-2-3-4-5-6-7-9-12-10-8-11-13-12/h10H,2-9,11H2,1H3. The minimum Gasteiger partial charge on any atom is -0.131 e. The van der Waals surface area contributed by atoms with E-state index in [1.54, 1.807) is 4.91 Å². The molecule has 1 heteroatoms. The van der Waals surface area contributed by atoms with E-state index >= 15 is 0 Å². The van der Waals surface area contributed by atoms with E-state index < -0.39 is 0 Å². The molecule has 0 fully saturated rings. The molecule has 0 radical (unpaired) electrons. The second-order valence-corrected chi connectivity index (χ2v) is 5.05. The summed E-state index contributed by atoms with van der Waals surface area (Å²) in [5, 5.41) is 0. The monoisotopic (exact) mass is 198 g/mol. The lowest BCUT2D eigenvalue weighted by molar-refractivity contribution is 0.610. The minimum atomic E-state index is 1.32. The van der Waals surface area contributed by atoms with Crippen LogP contribution in [0.3, 0.4) is 0 Å². The molecule has 0 N–H and O–H groups in total. The average Bonchev–Trinajstić information content (AvgIpc) is 2.63. The number of unbranched alkanes of at least 4 members (excludes halogenated alkanes) is 5. The zero-order valence-electron chi connectivity index (χ0n) is 8.85. The molecule has 0 aliphatic carbocycles. The first kappa shape index (κ1) is 11.2. The zero-order chi connectivity index (χ0) is 9.36. The molecule has 0 aromatic heterocycles. The van der Waals surface area contributed by atoms with Gasteiger partial charge in [-0.1, -0.05) is 45.1 Å². The smallest absolute Gasteiger partial charge is 0.00117 e. The van der Waals surface area contributed by atoms with E-state index in [-0.39, 0.29) is 0 Å². The molecular formula is C12H22S. The van der Waals surface area contributed by atoms with Gasteiger partial charge in [-0.25, -0.2) is 0 Å². The second-order valence-electron chi connectivity index (χ2n) is 3.83. The van der Waals surface area contributed by atoms with Crippen molar-refractivity contribution in [1.82, 2.24) is 0 Å². The fraction of sp³-hybridized carbons (Fsp3) is 0.833. The fourth-order valence-electron chi connectivity index (χ4n) is 1.72. The van der Waals surface area contributed by atoms with Gasteiger partial charge in [-0.15, -0.1) is 11.8 Å². The topological polar surface area (TPSA) is 0 Å². The molecule has 0 amide bonds. The molecular weight excluding hydrogens is 176 g/mol. The summed E-state index contributed by atoms with van der Waals surface area (Å²) in [5.41, 5.74) is 0. The van der Waals surface area contributed by atoms with Gasteiger partial charge in [-0.2, -0.15) is 0 Å². The lowest BCUT2D eigenvalue weighted by Gasteiger charge is -2.01. The molecule has 1 heterocycles. The first-order chi connectivity index (χ1) is 6.43. The van der Waals surface area contributed by atoms with Crippen LogP contribution in [-0.4, -0.2) is 5.75 Å². The van der Waals surface area contributed by atoms with Crippen LogP contribution < -0.4 is 0 Å². The number of allylic oxidation sites excluding steroid dienone is 2. The van der Waals surface area contributed by atoms with Crippen molar-refractivity contribution < 1.29 is 0 Å². The maximum Gasteiger partial charge on any atom is 0.00117 e. The first-order valence-corrected chi connectivity index (χ1v) is 6.74. The van der Waals surface area contributed by atoms with Gasteiger partial charge in [0.15, 0.2) is 0 Å². The summed E-state index contributed by atoms with van der Waals surface area (Å²) >= 11 is 2.07. The van der Waals surface area contributed by atoms with Crippen LogP contribution in [0.2, 0.25) is 0 Å². The largest absolute Gasteiger partial charge is 0.131 e. The van der Waals surface area contributed by atoms with E-state index in [0.717, 1.165) is 0 Å². The lowest BCUT2D eigenvalue weighted by atomic mass is 10.1. The van der Waals surface area contributed by atoms with Crippen molar-refractivity contribution >= 4 is 11.8 Å². The van der Waals surface area contributed by atoms with Crippen LogP contribution in [-0.2, 0) is 0 Å². The Labute approximate surface area is 87.2 Å². The van der Waals surface area contributed by atoms with Gasteiger partial charge in [0, 0.05) is 5.75 Å². The quantitative estimate of drug-likeness (QED) is 0.532. The van der Waals surface area contributed by atoms with Gasteiger partial charge in [0.1, 0.15) is 0 Å². The number of hydrogen-bond acceptors (Lipinski definition) is 1. The third kappa shape index (κ3) is 5.41. The Hall–Kier alpha value is 0.0900. The highest BCUT2D eigenvalue weighted by Gasteiger charge is 2.03. The number of thioether (sulfide) groups is 1. The van der Waals surface area contributed by atoms with Crippen LogP contribution in [0, 0.1) is 0 Å². The van der Waals surface area contributed by atoms with Crippen LogP contribution in [0.5, 0.6) is 0 Å². The van der Waals surface area contributed by atoms with Gasteiger partial charge >= 0.3 is 0 Å². The van der Waals surface area contributed by atoms with Crippen LogP contribution >= 0.6 is 11.8 Å². The summed E-state index contributed by atoms with van der Waals surface area (Å²) in [4.78, 5) is 1.66. The molecule has 0 saturated heterocycles. The normalized spacial score (nSPS) is 16.2. The van der Waals surface area contributed by atoms with Crippen LogP contribution in [0.15, 0.2) is 11.0 Å². The van der Waals surface area contributed by atoms with Crippen LogP contribution in [0.25, 0.3) is 0 Å². The van der Waals surface area contributed by atoms with Gasteiger partial charge in [-0.05, 0) is 24.2 Å². The van der Waals surface area contributed by atoms with Crippen molar-refractivity contribution in [2.45, 2.75) is 58.3 Å². The Morgan fingerprint density at radius 2 is 1.92 bits per heavy atom. The van der Waals surface area contributed by atoms with Crippen LogP contribution in [0.1, 0.15) is 58.3 Å². The molecule has 0 unspecified atom stereocenters. The summed E-state index contributed by atoms with van der Waals surface area (Å²) < 4.78 is 0. The number of rotatable bonds is 7. The highest BCUT2D eigenvalue weighted by Crippen LogP contribution is 2.29. The van der Waals surface area contributed by atoms with E-state index in [2.05, 4.69) is 24.8 Å². The van der Waals surface area contributed by atoms with Crippen molar-refractivity contribution in [3.63, 3.8) is 0 Å². The predicted octanol–water partition coefficient (Wildman–Crippen LogP) is 4.76. The van der Waals surface area contributed by atoms with E-state index in [9.17, 15) is 0 Å². The van der Waals surface area contributed by atoms with E-state index in [1.165, 1.54) is 57.1 Å². The highest BCUT2D eigenvalue weighted by atomic mass is 32.2. The van der Waals surface area contributed by atoms with Gasteiger partial charge in [-0.3, -0.25) is 0 Å². The molecule has 0 nitrogen and oxygen atoms in total. The summed E-state index contributed by atoms with van der Waals surface area (Å²) in [6, 6.07) is 0. The summed E-state index contributed by atoms with van der Waals surface area (Å²) in [5.74, 6) is 1.34. The maximum atomic E-state index is 2.43. The Bertz CT molecular complexity index is 149. The van der Waals surface area contributed by atoms with Crippen LogP contribution in [0.4, 0.5) is 0 Å². The average molecular weight is 198 g/mol. The molecule has 0 atom stereocenters. The van der Waals surface area contributed by atoms with Gasteiger partial charge in [0.05, 0.1) is 0 Å². The third-order valence-corrected chi connectivity index (χ3v) is 3.74. The Kier molecular flexibility index (Phi) is 6.43. The molecule has 1 aliphatic rings. The third-order valence-electron chi connectivity index (χ3n) is 2.55. The predicted molar refractivity (Wildman–Crippen MR) is 63.2 cm³/mol. The van der Waals surface area contributed by atoms with Crippen molar-refractivity contribution in [3.8, 4) is 0 Å². The molecule has 1 rings (SSSR count). The van der Waals surface area contributed by atoms with Gasteiger partial charge in [0.25, 0.3) is 0 Å². The molecule has 76 valence electrons. The molecule has 0 bridgehead atoms. The Morgan fingerprint density at radius 1 is 1.15 bits per heavy atom. The summed E-state index contributed by atoms with van der Waals surface area (Å²) in [7, 11) is 0. The van der Waals surface area contributed by atoms with Crippen molar-refractivity contribution in [2.24, 2.45) is 0 Å². The SMILES string of the molecule is CCCCCCCCC1=CCCS1. The lowest BCUT2D eigenvalue weighted by Crippen LogP contribution is -1.80. The molecule has 0 spiro atoms. The van der Waals surface area contributed by atoms with Gasteiger partial charge < -0.3 is 0 Å². The molecule has 13 heavy (non-hydrogen) atoms. The van der Waals surface area contributed by atoms with E-state index in [0.29, 0.717) is 0 Å². The van der Waals surface area contributed by atoms with Crippen molar-refractivity contribution in [1.29, 1.82) is 0 Å². The Balaban J connectivity index is 1.83. The van der Waals surface area contributed by atoms with E-state index in [4.69, 9.17) is 0 Å². The fourth-order valence-corrected chi connectivity index (χ4v) is 2.74.